The third kappa shape index (κ3) is 4.73. The van der Waals surface area contributed by atoms with Crippen molar-refractivity contribution in [3.8, 4) is 5.88 Å². The van der Waals surface area contributed by atoms with Gasteiger partial charge in [-0.25, -0.2) is 4.98 Å². The predicted molar refractivity (Wildman–Crippen MR) is 74.4 cm³/mol. The fourth-order valence-corrected chi connectivity index (χ4v) is 1.77. The second-order valence-electron chi connectivity index (χ2n) is 4.09. The molecule has 19 heavy (non-hydrogen) atoms. The van der Waals surface area contributed by atoms with Gasteiger partial charge in [0.1, 0.15) is 11.6 Å². The second-order valence-corrected chi connectivity index (χ2v) is 4.09. The lowest BCUT2D eigenvalue weighted by molar-refractivity contribution is -0.130. The highest BCUT2D eigenvalue weighted by molar-refractivity contribution is 5.76. The van der Waals surface area contributed by atoms with Crippen LogP contribution in [0.3, 0.4) is 0 Å². The number of nitrogens with zero attached hydrogens (tertiary/aromatic N) is 3. The first-order valence-corrected chi connectivity index (χ1v) is 6.52. The van der Waals surface area contributed by atoms with Crippen LogP contribution in [-0.2, 0) is 4.79 Å². The SMILES string of the molecule is CCN(CC)C(=O)CCNc1cc(OC)nc(C)n1. The molecular formula is C13H22N4O2. The van der Waals surface area contributed by atoms with Crippen molar-refractivity contribution in [1.29, 1.82) is 0 Å². The van der Waals surface area contributed by atoms with Gasteiger partial charge in [-0.15, -0.1) is 0 Å². The normalized spacial score (nSPS) is 10.1. The average molecular weight is 266 g/mol. The molecule has 6 nitrogen and oxygen atoms in total. The molecule has 0 aromatic carbocycles. The zero-order valence-electron chi connectivity index (χ0n) is 12.1. The number of anilines is 1. The molecule has 1 heterocycles. The lowest BCUT2D eigenvalue weighted by Crippen LogP contribution is -2.31. The molecule has 1 aromatic rings. The molecule has 0 saturated carbocycles. The van der Waals surface area contributed by atoms with Crippen LogP contribution in [0.1, 0.15) is 26.1 Å². The Labute approximate surface area is 114 Å². The molecule has 0 unspecified atom stereocenters. The average Bonchev–Trinajstić information content (AvgIpc) is 2.39. The Hall–Kier alpha value is -1.85. The van der Waals surface area contributed by atoms with Crippen molar-refractivity contribution in [3.63, 3.8) is 0 Å². The highest BCUT2D eigenvalue weighted by atomic mass is 16.5. The van der Waals surface area contributed by atoms with E-state index in [1.54, 1.807) is 20.1 Å². The summed E-state index contributed by atoms with van der Waals surface area (Å²) in [6, 6.07) is 1.72. The van der Waals surface area contributed by atoms with Crippen molar-refractivity contribution in [2.75, 3.05) is 32.1 Å². The summed E-state index contributed by atoms with van der Waals surface area (Å²) in [7, 11) is 1.56. The van der Waals surface area contributed by atoms with Gasteiger partial charge in [-0.2, -0.15) is 4.98 Å². The molecule has 1 rings (SSSR count). The molecule has 1 aromatic heterocycles. The number of nitrogens with one attached hydrogen (secondary N) is 1. The molecular weight excluding hydrogens is 244 g/mol. The van der Waals surface area contributed by atoms with Crippen LogP contribution in [-0.4, -0.2) is 47.5 Å². The molecule has 0 fully saturated rings. The van der Waals surface area contributed by atoms with Crippen molar-refractivity contribution in [3.05, 3.63) is 11.9 Å². The van der Waals surface area contributed by atoms with Gasteiger partial charge >= 0.3 is 0 Å². The quantitative estimate of drug-likeness (QED) is 0.809. The number of rotatable bonds is 7. The first-order chi connectivity index (χ1) is 9.10. The van der Waals surface area contributed by atoms with E-state index in [9.17, 15) is 4.79 Å². The predicted octanol–water partition coefficient (Wildman–Crippen LogP) is 1.46. The monoisotopic (exact) mass is 266 g/mol. The Morgan fingerprint density at radius 2 is 2.05 bits per heavy atom. The van der Waals surface area contributed by atoms with E-state index in [-0.39, 0.29) is 5.91 Å². The van der Waals surface area contributed by atoms with Gasteiger partial charge in [0.05, 0.1) is 7.11 Å². The highest BCUT2D eigenvalue weighted by Gasteiger charge is 2.09. The minimum Gasteiger partial charge on any atom is -0.481 e. The molecule has 0 aliphatic rings. The van der Waals surface area contributed by atoms with E-state index in [0.717, 1.165) is 13.1 Å². The van der Waals surface area contributed by atoms with Crippen LogP contribution in [0.2, 0.25) is 0 Å². The fraction of sp³-hybridized carbons (Fsp3) is 0.615. The Balaban J connectivity index is 2.49. The van der Waals surface area contributed by atoms with Crippen molar-refractivity contribution < 1.29 is 9.53 Å². The number of carbonyl (C=O) groups is 1. The van der Waals surface area contributed by atoms with Crippen LogP contribution in [0.15, 0.2) is 6.07 Å². The standard InChI is InChI=1S/C13H22N4O2/c1-5-17(6-2)13(18)7-8-14-11-9-12(19-4)16-10(3)15-11/h9H,5-8H2,1-4H3,(H,14,15,16). The maximum atomic E-state index is 11.8. The van der Waals surface area contributed by atoms with Crippen LogP contribution in [0.5, 0.6) is 5.88 Å². The third-order valence-electron chi connectivity index (χ3n) is 2.78. The van der Waals surface area contributed by atoms with E-state index in [2.05, 4.69) is 15.3 Å². The van der Waals surface area contributed by atoms with E-state index < -0.39 is 0 Å². The van der Waals surface area contributed by atoms with E-state index in [1.165, 1.54) is 0 Å². The lowest BCUT2D eigenvalue weighted by atomic mass is 10.3. The van der Waals surface area contributed by atoms with Crippen LogP contribution >= 0.6 is 0 Å². The van der Waals surface area contributed by atoms with Gasteiger partial charge in [-0.3, -0.25) is 4.79 Å². The molecule has 0 saturated heterocycles. The Morgan fingerprint density at radius 1 is 1.37 bits per heavy atom. The molecule has 0 bridgehead atoms. The molecule has 0 atom stereocenters. The van der Waals surface area contributed by atoms with Crippen LogP contribution in [0.4, 0.5) is 5.82 Å². The summed E-state index contributed by atoms with van der Waals surface area (Å²) in [5.74, 6) is 1.98. The minimum absolute atomic E-state index is 0.148. The molecule has 0 aliphatic heterocycles. The van der Waals surface area contributed by atoms with Crippen molar-refractivity contribution in [1.82, 2.24) is 14.9 Å². The maximum Gasteiger partial charge on any atom is 0.224 e. The van der Waals surface area contributed by atoms with Crippen LogP contribution < -0.4 is 10.1 Å². The number of aryl methyl sites for hydroxylation is 1. The molecule has 106 valence electrons. The third-order valence-corrected chi connectivity index (χ3v) is 2.78. The summed E-state index contributed by atoms with van der Waals surface area (Å²) in [5, 5.41) is 3.12. The van der Waals surface area contributed by atoms with Crippen molar-refractivity contribution >= 4 is 11.7 Å². The van der Waals surface area contributed by atoms with Gasteiger partial charge < -0.3 is 15.0 Å². The summed E-state index contributed by atoms with van der Waals surface area (Å²) in [6.45, 7) is 7.80. The highest BCUT2D eigenvalue weighted by Crippen LogP contribution is 2.12. The van der Waals surface area contributed by atoms with Crippen LogP contribution in [0, 0.1) is 6.92 Å². The van der Waals surface area contributed by atoms with Gasteiger partial charge in [0.2, 0.25) is 11.8 Å². The van der Waals surface area contributed by atoms with E-state index >= 15 is 0 Å². The first-order valence-electron chi connectivity index (χ1n) is 6.52. The van der Waals surface area contributed by atoms with Crippen LogP contribution in [0.25, 0.3) is 0 Å². The van der Waals surface area contributed by atoms with E-state index in [4.69, 9.17) is 4.74 Å². The van der Waals surface area contributed by atoms with Crippen molar-refractivity contribution in [2.45, 2.75) is 27.2 Å². The number of hydrogen-bond donors (Lipinski definition) is 1. The second kappa shape index (κ2) is 7.56. The summed E-state index contributed by atoms with van der Waals surface area (Å²) in [6.07, 6.45) is 0.451. The zero-order valence-corrected chi connectivity index (χ0v) is 12.1. The Kier molecular flexibility index (Phi) is 6.05. The summed E-state index contributed by atoms with van der Waals surface area (Å²) < 4.78 is 5.07. The number of methoxy groups -OCH3 is 1. The largest absolute Gasteiger partial charge is 0.481 e. The van der Waals surface area contributed by atoms with Gasteiger partial charge in [0.25, 0.3) is 0 Å². The van der Waals surface area contributed by atoms with E-state index in [0.29, 0.717) is 30.5 Å². The summed E-state index contributed by atoms with van der Waals surface area (Å²) in [5.41, 5.74) is 0. The van der Waals surface area contributed by atoms with Gasteiger partial charge in [-0.05, 0) is 20.8 Å². The number of hydrogen-bond acceptors (Lipinski definition) is 5. The number of ether oxygens (including phenoxy) is 1. The van der Waals surface area contributed by atoms with Gasteiger partial charge in [0.15, 0.2) is 0 Å². The Bertz CT molecular complexity index is 419. The van der Waals surface area contributed by atoms with Crippen molar-refractivity contribution in [2.24, 2.45) is 0 Å². The number of carbonyl (C=O) groups excluding carboxylic acids is 1. The topological polar surface area (TPSA) is 67.4 Å². The van der Waals surface area contributed by atoms with E-state index in [1.807, 2.05) is 18.7 Å². The summed E-state index contributed by atoms with van der Waals surface area (Å²) >= 11 is 0. The smallest absolute Gasteiger partial charge is 0.224 e. The Morgan fingerprint density at radius 3 is 2.63 bits per heavy atom. The molecule has 0 radical (unpaired) electrons. The zero-order chi connectivity index (χ0) is 14.3. The fourth-order valence-electron chi connectivity index (χ4n) is 1.77. The molecule has 1 amide bonds. The first kappa shape index (κ1) is 15.2. The molecule has 6 heteroatoms. The molecule has 0 spiro atoms. The lowest BCUT2D eigenvalue weighted by Gasteiger charge is -2.18. The minimum atomic E-state index is 0.148. The van der Waals surface area contributed by atoms with Gasteiger partial charge in [-0.1, -0.05) is 0 Å². The summed E-state index contributed by atoms with van der Waals surface area (Å²) in [4.78, 5) is 22.0. The number of amides is 1. The van der Waals surface area contributed by atoms with Gasteiger partial charge in [0, 0.05) is 32.1 Å². The number of aromatic nitrogens is 2. The maximum absolute atomic E-state index is 11.8. The molecule has 0 aliphatic carbocycles. The molecule has 1 N–H and O–H groups in total.